The van der Waals surface area contributed by atoms with Gasteiger partial charge in [0.2, 0.25) is 0 Å². The van der Waals surface area contributed by atoms with Crippen molar-refractivity contribution in [1.82, 2.24) is 15.3 Å². The van der Waals surface area contributed by atoms with Crippen LogP contribution in [0.15, 0.2) is 54.7 Å². The first-order valence-electron chi connectivity index (χ1n) is 8.63. The van der Waals surface area contributed by atoms with E-state index in [2.05, 4.69) is 44.5 Å². The quantitative estimate of drug-likeness (QED) is 0.797. The van der Waals surface area contributed by atoms with Gasteiger partial charge in [-0.2, -0.15) is 0 Å². The number of fused-ring (bicyclic) bond motifs is 1. The minimum absolute atomic E-state index is 0.207. The molecule has 25 heavy (non-hydrogen) atoms. The standard InChI is InChI=1S/C20H20N4O/c25-20(19-14-21-17-5-1-2-6-18(17)23-19)22-13-15-7-9-16(10-8-15)24-11-3-4-12-24/h1-2,5-10,14H,3-4,11-13H2,(H,22,25). The van der Waals surface area contributed by atoms with Crippen molar-refractivity contribution >= 4 is 22.6 Å². The van der Waals surface area contributed by atoms with E-state index in [1.54, 1.807) is 0 Å². The first-order chi connectivity index (χ1) is 12.3. The van der Waals surface area contributed by atoms with Crippen molar-refractivity contribution in [3.8, 4) is 0 Å². The van der Waals surface area contributed by atoms with Gasteiger partial charge in [0, 0.05) is 25.3 Å². The molecule has 0 unspecified atom stereocenters. The van der Waals surface area contributed by atoms with Crippen LogP contribution in [0.4, 0.5) is 5.69 Å². The van der Waals surface area contributed by atoms with Gasteiger partial charge in [-0.25, -0.2) is 4.98 Å². The summed E-state index contributed by atoms with van der Waals surface area (Å²) in [5, 5.41) is 2.91. The molecular formula is C20H20N4O. The van der Waals surface area contributed by atoms with Crippen LogP contribution in [0.3, 0.4) is 0 Å². The van der Waals surface area contributed by atoms with E-state index in [1.165, 1.54) is 24.7 Å². The Bertz CT molecular complexity index is 886. The van der Waals surface area contributed by atoms with Crippen molar-refractivity contribution in [2.45, 2.75) is 19.4 Å². The Morgan fingerprint density at radius 2 is 1.72 bits per heavy atom. The molecule has 1 aliphatic heterocycles. The number of benzene rings is 2. The lowest BCUT2D eigenvalue weighted by molar-refractivity contribution is 0.0946. The lowest BCUT2D eigenvalue weighted by Gasteiger charge is -2.17. The van der Waals surface area contributed by atoms with Gasteiger partial charge in [-0.15, -0.1) is 0 Å². The molecule has 0 aliphatic carbocycles. The summed E-state index contributed by atoms with van der Waals surface area (Å²) in [4.78, 5) is 23.4. The molecule has 5 heteroatoms. The third kappa shape index (κ3) is 3.45. The average Bonchev–Trinajstić information content (AvgIpc) is 3.21. The summed E-state index contributed by atoms with van der Waals surface area (Å²) in [6, 6.07) is 15.9. The van der Waals surface area contributed by atoms with Gasteiger partial charge in [0.05, 0.1) is 17.2 Å². The lowest BCUT2D eigenvalue weighted by atomic mass is 10.2. The number of aromatic nitrogens is 2. The fourth-order valence-corrected chi connectivity index (χ4v) is 3.14. The molecule has 0 radical (unpaired) electrons. The summed E-state index contributed by atoms with van der Waals surface area (Å²) >= 11 is 0. The van der Waals surface area contributed by atoms with Crippen molar-refractivity contribution < 1.29 is 4.79 Å². The van der Waals surface area contributed by atoms with Gasteiger partial charge >= 0.3 is 0 Å². The molecule has 0 spiro atoms. The molecule has 0 bridgehead atoms. The van der Waals surface area contributed by atoms with Gasteiger partial charge in [-0.05, 0) is 42.7 Å². The molecule has 2 aromatic carbocycles. The number of nitrogens with zero attached hydrogens (tertiary/aromatic N) is 3. The highest BCUT2D eigenvalue weighted by Crippen LogP contribution is 2.20. The number of carbonyl (C=O) groups is 1. The molecule has 126 valence electrons. The Morgan fingerprint density at radius 1 is 1.00 bits per heavy atom. The summed E-state index contributed by atoms with van der Waals surface area (Å²) in [5.74, 6) is -0.207. The largest absolute Gasteiger partial charge is 0.372 e. The Balaban J connectivity index is 1.40. The third-order valence-electron chi connectivity index (χ3n) is 4.54. The predicted molar refractivity (Wildman–Crippen MR) is 98.6 cm³/mol. The van der Waals surface area contributed by atoms with Gasteiger partial charge in [-0.3, -0.25) is 9.78 Å². The van der Waals surface area contributed by atoms with Crippen molar-refractivity contribution in [2.24, 2.45) is 0 Å². The van der Waals surface area contributed by atoms with Crippen molar-refractivity contribution in [3.05, 3.63) is 66.0 Å². The van der Waals surface area contributed by atoms with Crippen LogP contribution in [-0.4, -0.2) is 29.0 Å². The number of amides is 1. The number of anilines is 1. The van der Waals surface area contributed by atoms with Gasteiger partial charge < -0.3 is 10.2 Å². The van der Waals surface area contributed by atoms with E-state index >= 15 is 0 Å². The SMILES string of the molecule is O=C(NCc1ccc(N2CCCC2)cc1)c1cnc2ccccc2n1. The molecule has 1 aliphatic rings. The molecule has 1 N–H and O–H groups in total. The maximum absolute atomic E-state index is 12.3. The average molecular weight is 332 g/mol. The van der Waals surface area contributed by atoms with E-state index < -0.39 is 0 Å². The van der Waals surface area contributed by atoms with Crippen LogP contribution in [0.5, 0.6) is 0 Å². The summed E-state index contributed by atoms with van der Waals surface area (Å²) in [6.45, 7) is 2.75. The van der Waals surface area contributed by atoms with Crippen LogP contribution in [0, 0.1) is 0 Å². The Kier molecular flexibility index (Phi) is 4.29. The molecule has 1 amide bonds. The zero-order chi connectivity index (χ0) is 17.1. The van der Waals surface area contributed by atoms with Crippen LogP contribution in [0.2, 0.25) is 0 Å². The number of hydrogen-bond donors (Lipinski definition) is 1. The molecule has 1 fully saturated rings. The first-order valence-corrected chi connectivity index (χ1v) is 8.63. The number of nitrogens with one attached hydrogen (secondary N) is 1. The van der Waals surface area contributed by atoms with E-state index in [4.69, 9.17) is 0 Å². The van der Waals surface area contributed by atoms with E-state index in [1.807, 2.05) is 24.3 Å². The zero-order valence-electron chi connectivity index (χ0n) is 14.0. The normalized spacial score (nSPS) is 14.0. The highest BCUT2D eigenvalue weighted by atomic mass is 16.1. The van der Waals surface area contributed by atoms with Crippen LogP contribution in [0.1, 0.15) is 28.9 Å². The molecule has 0 saturated carbocycles. The fraction of sp³-hybridized carbons (Fsp3) is 0.250. The van der Waals surface area contributed by atoms with E-state index in [-0.39, 0.29) is 5.91 Å². The molecule has 1 saturated heterocycles. The highest BCUT2D eigenvalue weighted by Gasteiger charge is 2.12. The molecule has 0 atom stereocenters. The van der Waals surface area contributed by atoms with Crippen LogP contribution in [0.25, 0.3) is 11.0 Å². The molecule has 5 nitrogen and oxygen atoms in total. The maximum Gasteiger partial charge on any atom is 0.271 e. The Morgan fingerprint density at radius 3 is 2.48 bits per heavy atom. The van der Waals surface area contributed by atoms with Gasteiger partial charge in [0.15, 0.2) is 0 Å². The van der Waals surface area contributed by atoms with Crippen LogP contribution >= 0.6 is 0 Å². The summed E-state index contributed by atoms with van der Waals surface area (Å²) < 4.78 is 0. The van der Waals surface area contributed by atoms with Crippen molar-refractivity contribution in [1.29, 1.82) is 0 Å². The van der Waals surface area contributed by atoms with Crippen LogP contribution in [-0.2, 0) is 6.54 Å². The van der Waals surface area contributed by atoms with E-state index in [0.29, 0.717) is 12.2 Å². The number of para-hydroxylation sites is 2. The second kappa shape index (κ2) is 6.89. The van der Waals surface area contributed by atoms with E-state index in [9.17, 15) is 4.79 Å². The predicted octanol–water partition coefficient (Wildman–Crippen LogP) is 3.16. The molecular weight excluding hydrogens is 312 g/mol. The minimum atomic E-state index is -0.207. The second-order valence-electron chi connectivity index (χ2n) is 6.29. The minimum Gasteiger partial charge on any atom is -0.372 e. The number of hydrogen-bond acceptors (Lipinski definition) is 4. The van der Waals surface area contributed by atoms with Gasteiger partial charge in [0.25, 0.3) is 5.91 Å². The maximum atomic E-state index is 12.3. The molecule has 1 aromatic heterocycles. The van der Waals surface area contributed by atoms with Crippen LogP contribution < -0.4 is 10.2 Å². The summed E-state index contributed by atoms with van der Waals surface area (Å²) in [6.07, 6.45) is 4.06. The van der Waals surface area contributed by atoms with E-state index in [0.717, 1.165) is 29.7 Å². The molecule has 3 aromatic rings. The summed E-state index contributed by atoms with van der Waals surface area (Å²) in [5.41, 5.74) is 4.19. The molecule has 2 heterocycles. The second-order valence-corrected chi connectivity index (χ2v) is 6.29. The van der Waals surface area contributed by atoms with Gasteiger partial charge in [-0.1, -0.05) is 24.3 Å². The highest BCUT2D eigenvalue weighted by molar-refractivity contribution is 5.93. The topological polar surface area (TPSA) is 58.1 Å². The van der Waals surface area contributed by atoms with Gasteiger partial charge in [0.1, 0.15) is 5.69 Å². The Hall–Kier alpha value is -2.95. The summed E-state index contributed by atoms with van der Waals surface area (Å²) in [7, 11) is 0. The first kappa shape index (κ1) is 15.6. The van der Waals surface area contributed by atoms with Crippen molar-refractivity contribution in [3.63, 3.8) is 0 Å². The monoisotopic (exact) mass is 332 g/mol. The fourth-order valence-electron chi connectivity index (χ4n) is 3.14. The number of carbonyl (C=O) groups excluding carboxylic acids is 1. The van der Waals surface area contributed by atoms with Crippen molar-refractivity contribution in [2.75, 3.05) is 18.0 Å². The number of rotatable bonds is 4. The lowest BCUT2D eigenvalue weighted by Crippen LogP contribution is -2.24. The third-order valence-corrected chi connectivity index (χ3v) is 4.54. The zero-order valence-corrected chi connectivity index (χ0v) is 14.0. The Labute approximate surface area is 146 Å². The molecule has 4 rings (SSSR count). The smallest absolute Gasteiger partial charge is 0.271 e.